The predicted octanol–water partition coefficient (Wildman–Crippen LogP) is 5.08. The molecule has 2 aromatic carbocycles. The Morgan fingerprint density at radius 1 is 1.12 bits per heavy atom. The number of benzene rings is 2. The molecule has 0 N–H and O–H groups in total. The molecule has 0 saturated heterocycles. The number of rotatable bonds is 3. The van der Waals surface area contributed by atoms with Crippen molar-refractivity contribution in [2.24, 2.45) is 0 Å². The van der Waals surface area contributed by atoms with Gasteiger partial charge in [-0.3, -0.25) is 0 Å². The molecule has 0 aliphatic carbocycles. The van der Waals surface area contributed by atoms with Gasteiger partial charge in [-0.25, -0.2) is 8.42 Å². The number of allylic oxidation sites excluding steroid dienone is 1. The maximum absolute atomic E-state index is 12.7. The molecule has 0 bridgehead atoms. The lowest BCUT2D eigenvalue weighted by molar-refractivity contribution is 0.599. The van der Waals surface area contributed by atoms with E-state index in [1.807, 2.05) is 12.1 Å². The van der Waals surface area contributed by atoms with Gasteiger partial charge in [0.2, 0.25) is 9.84 Å². The highest BCUT2D eigenvalue weighted by molar-refractivity contribution is 7.95. The molecule has 24 heavy (non-hydrogen) atoms. The van der Waals surface area contributed by atoms with Gasteiger partial charge in [0.05, 0.1) is 9.92 Å². The molecule has 1 aromatic heterocycles. The second kappa shape index (κ2) is 6.33. The lowest BCUT2D eigenvalue weighted by Crippen LogP contribution is -2.04. The normalized spacial score (nSPS) is 12.3. The first-order chi connectivity index (χ1) is 11.4. The average molecular weight is 378 g/mol. The van der Waals surface area contributed by atoms with Gasteiger partial charge in [0.15, 0.2) is 4.91 Å². The summed E-state index contributed by atoms with van der Waals surface area (Å²) >= 11 is 11.8. The molecule has 3 rings (SSSR count). The number of furan rings is 1. The Labute approximate surface area is 148 Å². The molecule has 0 radical (unpaired) electrons. The summed E-state index contributed by atoms with van der Waals surface area (Å²) in [7, 11) is -4.12. The van der Waals surface area contributed by atoms with Crippen LogP contribution in [-0.2, 0) is 9.84 Å². The number of sulfone groups is 1. The van der Waals surface area contributed by atoms with Crippen LogP contribution in [0.2, 0.25) is 10.0 Å². The fourth-order valence-electron chi connectivity index (χ4n) is 2.17. The third kappa shape index (κ3) is 3.04. The molecule has 0 aliphatic heterocycles. The van der Waals surface area contributed by atoms with Crippen molar-refractivity contribution in [3.63, 3.8) is 0 Å². The van der Waals surface area contributed by atoms with E-state index in [0.717, 1.165) is 5.39 Å². The lowest BCUT2D eigenvalue weighted by atomic mass is 10.2. The summed E-state index contributed by atoms with van der Waals surface area (Å²) in [6, 6.07) is 14.6. The summed E-state index contributed by atoms with van der Waals surface area (Å²) in [5.74, 6) is 0.259. The largest absolute Gasteiger partial charge is 0.457 e. The van der Waals surface area contributed by atoms with E-state index in [1.54, 1.807) is 24.3 Å². The van der Waals surface area contributed by atoms with Crippen LogP contribution < -0.4 is 0 Å². The maximum Gasteiger partial charge on any atom is 0.218 e. The number of hydrogen-bond donors (Lipinski definition) is 0. The summed E-state index contributed by atoms with van der Waals surface area (Å²) in [4.78, 5) is -0.702. The minimum Gasteiger partial charge on any atom is -0.457 e. The van der Waals surface area contributed by atoms with Crippen LogP contribution in [0.3, 0.4) is 0 Å². The van der Waals surface area contributed by atoms with E-state index in [1.165, 1.54) is 24.3 Å². The highest BCUT2D eigenvalue weighted by Crippen LogP contribution is 2.31. The van der Waals surface area contributed by atoms with E-state index in [2.05, 4.69) is 0 Å². The first-order valence-corrected chi connectivity index (χ1v) is 8.96. The minimum absolute atomic E-state index is 0.00911. The molecular weight excluding hydrogens is 369 g/mol. The number of nitrogens with zero attached hydrogens (tertiary/aromatic N) is 1. The van der Waals surface area contributed by atoms with Gasteiger partial charge in [-0.05, 0) is 30.3 Å². The van der Waals surface area contributed by atoms with Crippen molar-refractivity contribution in [2.75, 3.05) is 0 Å². The van der Waals surface area contributed by atoms with Crippen LogP contribution in [0.4, 0.5) is 0 Å². The molecule has 0 atom stereocenters. The number of para-hydroxylation sites is 1. The predicted molar refractivity (Wildman–Crippen MR) is 93.5 cm³/mol. The van der Waals surface area contributed by atoms with Crippen molar-refractivity contribution in [3.05, 3.63) is 69.2 Å². The van der Waals surface area contributed by atoms with Crippen molar-refractivity contribution in [2.45, 2.75) is 4.90 Å². The van der Waals surface area contributed by atoms with Crippen molar-refractivity contribution < 1.29 is 12.8 Å². The van der Waals surface area contributed by atoms with Crippen LogP contribution in [0, 0.1) is 11.3 Å². The van der Waals surface area contributed by atoms with Gasteiger partial charge in [0, 0.05) is 16.5 Å². The van der Waals surface area contributed by atoms with Gasteiger partial charge >= 0.3 is 0 Å². The molecule has 7 heteroatoms. The zero-order chi connectivity index (χ0) is 17.3. The second-order valence-corrected chi connectivity index (χ2v) is 7.62. The van der Waals surface area contributed by atoms with Crippen molar-refractivity contribution in [3.8, 4) is 6.07 Å². The molecule has 3 aromatic rings. The Kier molecular flexibility index (Phi) is 4.37. The third-order valence-corrected chi connectivity index (χ3v) is 5.68. The summed E-state index contributed by atoms with van der Waals surface area (Å²) in [6.07, 6.45) is 1.17. The Bertz CT molecular complexity index is 1080. The van der Waals surface area contributed by atoms with Gasteiger partial charge in [0.25, 0.3) is 0 Å². The van der Waals surface area contributed by atoms with Gasteiger partial charge < -0.3 is 4.42 Å². The molecule has 0 spiro atoms. The quantitative estimate of drug-likeness (QED) is 0.596. The molecule has 120 valence electrons. The molecule has 0 amide bonds. The van der Waals surface area contributed by atoms with Crippen LogP contribution in [0.25, 0.3) is 17.0 Å². The molecule has 0 unspecified atom stereocenters. The first-order valence-electron chi connectivity index (χ1n) is 6.72. The summed E-state index contributed by atoms with van der Waals surface area (Å²) in [5.41, 5.74) is 0.597. The van der Waals surface area contributed by atoms with Crippen molar-refractivity contribution in [1.29, 1.82) is 5.26 Å². The second-order valence-electron chi connectivity index (χ2n) is 4.89. The van der Waals surface area contributed by atoms with Crippen LogP contribution in [0.1, 0.15) is 5.76 Å². The molecule has 0 aliphatic rings. The Balaban J connectivity index is 2.13. The van der Waals surface area contributed by atoms with Crippen LogP contribution in [0.15, 0.2) is 62.7 Å². The topological polar surface area (TPSA) is 71.1 Å². The fraction of sp³-hybridized carbons (Fsp3) is 0. The standard InChI is InChI=1S/C17H9Cl2NO3S/c18-12-5-6-15(19)17(8-12)24(21,22)14(10-20)9-13-7-11-3-1-2-4-16(11)23-13/h1-9H/b14-9+. The van der Waals surface area contributed by atoms with E-state index >= 15 is 0 Å². The zero-order valence-electron chi connectivity index (χ0n) is 12.0. The summed E-state index contributed by atoms with van der Waals surface area (Å²) in [5, 5.41) is 10.3. The zero-order valence-corrected chi connectivity index (χ0v) is 14.4. The fourth-order valence-corrected chi connectivity index (χ4v) is 4.07. The first kappa shape index (κ1) is 16.6. The number of hydrogen-bond acceptors (Lipinski definition) is 4. The highest BCUT2D eigenvalue weighted by atomic mass is 35.5. The van der Waals surface area contributed by atoms with E-state index in [9.17, 15) is 13.7 Å². The maximum atomic E-state index is 12.7. The Morgan fingerprint density at radius 3 is 2.58 bits per heavy atom. The average Bonchev–Trinajstić information content (AvgIpc) is 2.97. The third-order valence-electron chi connectivity index (χ3n) is 3.30. The number of nitriles is 1. The van der Waals surface area contributed by atoms with Crippen molar-refractivity contribution in [1.82, 2.24) is 0 Å². The smallest absolute Gasteiger partial charge is 0.218 e. The Morgan fingerprint density at radius 2 is 1.88 bits per heavy atom. The highest BCUT2D eigenvalue weighted by Gasteiger charge is 2.24. The van der Waals surface area contributed by atoms with E-state index < -0.39 is 14.7 Å². The molecular formula is C17H9Cl2NO3S. The van der Waals surface area contributed by atoms with E-state index in [4.69, 9.17) is 27.6 Å². The van der Waals surface area contributed by atoms with Gasteiger partial charge in [-0.2, -0.15) is 5.26 Å². The summed E-state index contributed by atoms with van der Waals surface area (Å²) in [6.45, 7) is 0. The molecule has 0 saturated carbocycles. The molecule has 1 heterocycles. The van der Waals surface area contributed by atoms with Gasteiger partial charge in [0.1, 0.15) is 17.4 Å². The monoisotopic (exact) mass is 377 g/mol. The van der Waals surface area contributed by atoms with Crippen molar-refractivity contribution >= 4 is 50.1 Å². The number of halogens is 2. The van der Waals surface area contributed by atoms with E-state index in [0.29, 0.717) is 5.58 Å². The lowest BCUT2D eigenvalue weighted by Gasteiger charge is -2.05. The molecule has 4 nitrogen and oxygen atoms in total. The van der Waals surface area contributed by atoms with Gasteiger partial charge in [-0.1, -0.05) is 41.4 Å². The minimum atomic E-state index is -4.12. The molecule has 0 fully saturated rings. The van der Waals surface area contributed by atoms with E-state index in [-0.39, 0.29) is 20.7 Å². The van der Waals surface area contributed by atoms with Crippen LogP contribution in [0.5, 0.6) is 0 Å². The van der Waals surface area contributed by atoms with Crippen LogP contribution in [-0.4, -0.2) is 8.42 Å². The Hall–Kier alpha value is -2.26. The number of fused-ring (bicyclic) bond motifs is 1. The van der Waals surface area contributed by atoms with Crippen LogP contribution >= 0.6 is 23.2 Å². The van der Waals surface area contributed by atoms with Gasteiger partial charge in [-0.15, -0.1) is 0 Å². The SMILES string of the molecule is N#C/C(=C\c1cc2ccccc2o1)S(=O)(=O)c1cc(Cl)ccc1Cl. The summed E-state index contributed by atoms with van der Waals surface area (Å²) < 4.78 is 30.9.